The minimum absolute atomic E-state index is 0.0356. The maximum absolute atomic E-state index is 10.6. The number of rotatable bonds is 3. The normalized spacial score (nSPS) is 11.5. The molecule has 0 spiro atoms. The molecular formula is C18H12N4O2. The number of hydrogen-bond donors (Lipinski definition) is 1. The van der Waals surface area contributed by atoms with Crippen LogP contribution >= 0.6 is 0 Å². The lowest BCUT2D eigenvalue weighted by Gasteiger charge is -1.95. The van der Waals surface area contributed by atoms with E-state index in [1.807, 2.05) is 36.4 Å². The average molecular weight is 316 g/mol. The number of aromatic amines is 1. The highest BCUT2D eigenvalue weighted by Crippen LogP contribution is 2.29. The summed E-state index contributed by atoms with van der Waals surface area (Å²) >= 11 is 0. The summed E-state index contributed by atoms with van der Waals surface area (Å²) in [6.07, 6.45) is 0. The van der Waals surface area contributed by atoms with Crippen molar-refractivity contribution >= 4 is 38.9 Å². The number of para-hydroxylation sites is 1. The average Bonchev–Trinajstić information content (AvgIpc) is 2.98. The zero-order valence-electron chi connectivity index (χ0n) is 12.5. The van der Waals surface area contributed by atoms with Crippen LogP contribution in [0.4, 0.5) is 17.1 Å². The molecule has 3 aromatic carbocycles. The van der Waals surface area contributed by atoms with Crippen LogP contribution in [0.1, 0.15) is 0 Å². The summed E-state index contributed by atoms with van der Waals surface area (Å²) in [7, 11) is 0. The fourth-order valence-corrected chi connectivity index (χ4v) is 2.66. The van der Waals surface area contributed by atoms with Gasteiger partial charge in [-0.05, 0) is 36.4 Å². The van der Waals surface area contributed by atoms with Crippen molar-refractivity contribution in [1.29, 1.82) is 0 Å². The fourth-order valence-electron chi connectivity index (χ4n) is 2.66. The number of aromatic nitrogens is 1. The molecule has 0 unspecified atom stereocenters. The van der Waals surface area contributed by atoms with Crippen LogP contribution in [-0.2, 0) is 0 Å². The summed E-state index contributed by atoms with van der Waals surface area (Å²) in [6, 6.07) is 19.9. The SMILES string of the molecule is O=[N+]([O-])c1ccc(N=Nc2ccc3c(c2)[nH]c2ccccc23)cc1. The predicted molar refractivity (Wildman–Crippen MR) is 93.1 cm³/mol. The molecule has 0 saturated heterocycles. The van der Waals surface area contributed by atoms with Crippen molar-refractivity contribution in [2.24, 2.45) is 10.2 Å². The second-order valence-electron chi connectivity index (χ2n) is 5.37. The van der Waals surface area contributed by atoms with E-state index >= 15 is 0 Å². The van der Waals surface area contributed by atoms with E-state index in [4.69, 9.17) is 0 Å². The molecule has 0 saturated carbocycles. The number of fused-ring (bicyclic) bond motifs is 3. The summed E-state index contributed by atoms with van der Waals surface area (Å²) in [4.78, 5) is 13.6. The second kappa shape index (κ2) is 5.58. The first-order chi connectivity index (χ1) is 11.7. The summed E-state index contributed by atoms with van der Waals surface area (Å²) < 4.78 is 0. The molecule has 6 nitrogen and oxygen atoms in total. The quantitative estimate of drug-likeness (QED) is 0.301. The van der Waals surface area contributed by atoms with Crippen LogP contribution < -0.4 is 0 Å². The van der Waals surface area contributed by atoms with Gasteiger partial charge in [-0.2, -0.15) is 10.2 Å². The molecule has 0 atom stereocenters. The molecular weight excluding hydrogens is 304 g/mol. The summed E-state index contributed by atoms with van der Waals surface area (Å²) in [5.74, 6) is 0. The summed E-state index contributed by atoms with van der Waals surface area (Å²) in [5.41, 5.74) is 3.39. The fraction of sp³-hybridized carbons (Fsp3) is 0. The van der Waals surface area contributed by atoms with Crippen molar-refractivity contribution in [2.45, 2.75) is 0 Å². The van der Waals surface area contributed by atoms with E-state index < -0.39 is 4.92 Å². The van der Waals surface area contributed by atoms with Crippen LogP contribution in [0.2, 0.25) is 0 Å². The van der Waals surface area contributed by atoms with E-state index in [-0.39, 0.29) is 5.69 Å². The number of nitro groups is 1. The highest BCUT2D eigenvalue weighted by Gasteiger charge is 2.05. The molecule has 0 bridgehead atoms. The van der Waals surface area contributed by atoms with Crippen molar-refractivity contribution in [1.82, 2.24) is 4.98 Å². The number of benzene rings is 3. The summed E-state index contributed by atoms with van der Waals surface area (Å²) in [5, 5.41) is 21.3. The van der Waals surface area contributed by atoms with Crippen LogP contribution in [0.15, 0.2) is 77.0 Å². The van der Waals surface area contributed by atoms with Gasteiger partial charge >= 0.3 is 0 Å². The molecule has 24 heavy (non-hydrogen) atoms. The Kier molecular flexibility index (Phi) is 3.28. The third kappa shape index (κ3) is 2.50. The van der Waals surface area contributed by atoms with Gasteiger partial charge in [0.15, 0.2) is 0 Å². The van der Waals surface area contributed by atoms with Gasteiger partial charge in [-0.1, -0.05) is 18.2 Å². The lowest BCUT2D eigenvalue weighted by atomic mass is 10.1. The number of non-ortho nitro benzene ring substituents is 1. The minimum atomic E-state index is -0.440. The van der Waals surface area contributed by atoms with Gasteiger partial charge in [0.2, 0.25) is 0 Å². The molecule has 1 N–H and O–H groups in total. The van der Waals surface area contributed by atoms with E-state index in [2.05, 4.69) is 21.3 Å². The molecule has 1 aromatic heterocycles. The Bertz CT molecular complexity index is 1080. The number of H-pyrrole nitrogens is 1. The second-order valence-corrected chi connectivity index (χ2v) is 5.37. The van der Waals surface area contributed by atoms with Gasteiger partial charge in [-0.15, -0.1) is 0 Å². The molecule has 0 aliphatic carbocycles. The molecule has 4 aromatic rings. The number of nitro benzene ring substituents is 1. The Morgan fingerprint density at radius 1 is 0.792 bits per heavy atom. The highest BCUT2D eigenvalue weighted by atomic mass is 16.6. The monoisotopic (exact) mass is 316 g/mol. The third-order valence-corrected chi connectivity index (χ3v) is 3.83. The predicted octanol–water partition coefficient (Wildman–Crippen LogP) is 5.64. The first-order valence-electron chi connectivity index (χ1n) is 7.37. The zero-order valence-corrected chi connectivity index (χ0v) is 12.5. The van der Waals surface area contributed by atoms with Crippen LogP contribution in [-0.4, -0.2) is 9.91 Å². The van der Waals surface area contributed by atoms with Crippen molar-refractivity contribution in [3.05, 3.63) is 76.8 Å². The highest BCUT2D eigenvalue weighted by molar-refractivity contribution is 6.07. The van der Waals surface area contributed by atoms with E-state index in [0.29, 0.717) is 11.4 Å². The number of nitrogens with one attached hydrogen (secondary N) is 1. The van der Waals surface area contributed by atoms with Gasteiger partial charge in [0, 0.05) is 33.9 Å². The van der Waals surface area contributed by atoms with Crippen molar-refractivity contribution in [3.63, 3.8) is 0 Å². The molecule has 116 valence electrons. The molecule has 0 fully saturated rings. The van der Waals surface area contributed by atoms with Gasteiger partial charge in [0.1, 0.15) is 0 Å². The first-order valence-corrected chi connectivity index (χ1v) is 7.37. The van der Waals surface area contributed by atoms with Crippen LogP contribution in [0.3, 0.4) is 0 Å². The van der Waals surface area contributed by atoms with Crippen LogP contribution in [0, 0.1) is 10.1 Å². The van der Waals surface area contributed by atoms with Crippen LogP contribution in [0.5, 0.6) is 0 Å². The molecule has 6 heteroatoms. The van der Waals surface area contributed by atoms with Gasteiger partial charge in [-0.3, -0.25) is 10.1 Å². The van der Waals surface area contributed by atoms with Crippen molar-refractivity contribution < 1.29 is 4.92 Å². The molecule has 0 aliphatic heterocycles. The Balaban J connectivity index is 1.66. The van der Waals surface area contributed by atoms with Gasteiger partial charge in [-0.25, -0.2) is 0 Å². The van der Waals surface area contributed by atoms with Crippen molar-refractivity contribution in [2.75, 3.05) is 0 Å². The topological polar surface area (TPSA) is 83.7 Å². The molecule has 4 rings (SSSR count). The van der Waals surface area contributed by atoms with E-state index in [9.17, 15) is 10.1 Å². The maximum Gasteiger partial charge on any atom is 0.269 e. The lowest BCUT2D eigenvalue weighted by Crippen LogP contribution is -1.85. The Hall–Kier alpha value is -3.54. The zero-order chi connectivity index (χ0) is 16.5. The smallest absolute Gasteiger partial charge is 0.269 e. The Morgan fingerprint density at radius 3 is 2.25 bits per heavy atom. The van der Waals surface area contributed by atoms with E-state index in [1.165, 1.54) is 17.5 Å². The number of hydrogen-bond acceptors (Lipinski definition) is 4. The van der Waals surface area contributed by atoms with E-state index in [1.54, 1.807) is 12.1 Å². The standard InChI is InChI=1S/C18H12N4O2/c23-22(24)14-8-5-12(6-9-14)20-21-13-7-10-16-15-3-1-2-4-17(15)19-18(16)11-13/h1-11,19H. The van der Waals surface area contributed by atoms with Gasteiger partial charge in [0.25, 0.3) is 5.69 Å². The molecule has 0 aliphatic rings. The largest absolute Gasteiger partial charge is 0.354 e. The van der Waals surface area contributed by atoms with Gasteiger partial charge in [0.05, 0.1) is 16.3 Å². The number of azo groups is 1. The number of nitrogens with zero attached hydrogens (tertiary/aromatic N) is 3. The molecule has 1 heterocycles. The maximum atomic E-state index is 10.6. The Labute approximate surface area is 136 Å². The van der Waals surface area contributed by atoms with Gasteiger partial charge < -0.3 is 4.98 Å². The van der Waals surface area contributed by atoms with Crippen molar-refractivity contribution in [3.8, 4) is 0 Å². The van der Waals surface area contributed by atoms with E-state index in [0.717, 1.165) is 16.4 Å². The molecule has 0 radical (unpaired) electrons. The van der Waals surface area contributed by atoms with Crippen LogP contribution in [0.25, 0.3) is 21.8 Å². The first kappa shape index (κ1) is 14.1. The minimum Gasteiger partial charge on any atom is -0.354 e. The lowest BCUT2D eigenvalue weighted by molar-refractivity contribution is -0.384. The Morgan fingerprint density at radius 2 is 1.46 bits per heavy atom. The molecule has 0 amide bonds. The summed E-state index contributed by atoms with van der Waals surface area (Å²) in [6.45, 7) is 0. The third-order valence-electron chi connectivity index (χ3n) is 3.83.